The lowest BCUT2D eigenvalue weighted by atomic mass is 9.89. The lowest BCUT2D eigenvalue weighted by molar-refractivity contribution is -0.205. The van der Waals surface area contributed by atoms with Gasteiger partial charge in [0, 0.05) is 5.56 Å². The minimum absolute atomic E-state index is 0.521. The summed E-state index contributed by atoms with van der Waals surface area (Å²) in [4.78, 5) is 10.8. The van der Waals surface area contributed by atoms with Crippen molar-refractivity contribution in [2.24, 2.45) is 5.73 Å². The second-order valence-electron chi connectivity index (χ2n) is 3.43. The minimum Gasteiger partial charge on any atom is -0.494 e. The van der Waals surface area contributed by atoms with Crippen LogP contribution in [0.15, 0.2) is 18.2 Å². The molecule has 4 nitrogen and oxygen atoms in total. The molecular weight excluding hydrogens is 258 g/mol. The molecule has 0 saturated carbocycles. The van der Waals surface area contributed by atoms with Crippen molar-refractivity contribution in [1.29, 1.82) is 0 Å². The molecule has 8 heteroatoms. The van der Waals surface area contributed by atoms with Crippen LogP contribution < -0.4 is 10.5 Å². The van der Waals surface area contributed by atoms with E-state index in [0.29, 0.717) is 6.07 Å². The summed E-state index contributed by atoms with van der Waals surface area (Å²) in [5.74, 6) is -4.38. The molecular formula is C10H9F4NO3. The van der Waals surface area contributed by atoms with Crippen LogP contribution in [0.2, 0.25) is 0 Å². The Morgan fingerprint density at radius 2 is 1.94 bits per heavy atom. The van der Waals surface area contributed by atoms with Crippen LogP contribution >= 0.6 is 0 Å². The summed E-state index contributed by atoms with van der Waals surface area (Å²) in [6, 6.07) is 2.73. The van der Waals surface area contributed by atoms with E-state index in [0.717, 1.165) is 19.2 Å². The summed E-state index contributed by atoms with van der Waals surface area (Å²) in [6.07, 6.45) is -5.36. The summed E-state index contributed by atoms with van der Waals surface area (Å²) >= 11 is 0. The fraction of sp³-hybridized carbons (Fsp3) is 0.300. The van der Waals surface area contributed by atoms with Crippen molar-refractivity contribution < 1.29 is 32.2 Å². The van der Waals surface area contributed by atoms with Crippen LogP contribution in [0.25, 0.3) is 0 Å². The second kappa shape index (κ2) is 4.45. The van der Waals surface area contributed by atoms with E-state index >= 15 is 0 Å². The van der Waals surface area contributed by atoms with Gasteiger partial charge in [-0.3, -0.25) is 0 Å². The molecule has 0 heterocycles. The van der Waals surface area contributed by atoms with E-state index in [-0.39, 0.29) is 0 Å². The first-order chi connectivity index (χ1) is 8.16. The molecule has 1 aromatic rings. The molecule has 1 atom stereocenters. The first kappa shape index (κ1) is 14.2. The maximum absolute atomic E-state index is 13.7. The second-order valence-corrected chi connectivity index (χ2v) is 3.43. The van der Waals surface area contributed by atoms with Gasteiger partial charge in [-0.15, -0.1) is 0 Å². The number of carboxylic acids is 1. The van der Waals surface area contributed by atoms with Gasteiger partial charge in [-0.25, -0.2) is 9.18 Å². The van der Waals surface area contributed by atoms with Crippen LogP contribution in [0, 0.1) is 5.82 Å². The quantitative estimate of drug-likeness (QED) is 0.816. The minimum atomic E-state index is -5.36. The number of benzene rings is 1. The van der Waals surface area contributed by atoms with Gasteiger partial charge in [0.15, 0.2) is 11.6 Å². The highest BCUT2D eigenvalue weighted by Gasteiger charge is 2.61. The van der Waals surface area contributed by atoms with E-state index in [1.807, 2.05) is 0 Å². The number of alkyl halides is 3. The Hall–Kier alpha value is -1.83. The number of rotatable bonds is 3. The normalized spacial score (nSPS) is 15.0. The van der Waals surface area contributed by atoms with Crippen LogP contribution in [0.4, 0.5) is 17.6 Å². The molecule has 1 unspecified atom stereocenters. The van der Waals surface area contributed by atoms with Gasteiger partial charge in [0.05, 0.1) is 7.11 Å². The zero-order valence-corrected chi connectivity index (χ0v) is 9.08. The Balaban J connectivity index is 3.55. The summed E-state index contributed by atoms with van der Waals surface area (Å²) in [6.45, 7) is 0. The molecule has 1 rings (SSSR count). The molecule has 0 radical (unpaired) electrons. The predicted octanol–water partition coefficient (Wildman–Crippen LogP) is 1.64. The average molecular weight is 267 g/mol. The van der Waals surface area contributed by atoms with Crippen molar-refractivity contribution >= 4 is 5.97 Å². The standard InChI is InChI=1S/C10H9F4NO3/c1-18-6-4-2-3-5(7(6)11)9(15,8(16)17)10(12,13)14/h2-4H,15H2,1H3,(H,16,17). The van der Waals surface area contributed by atoms with Gasteiger partial charge >= 0.3 is 12.1 Å². The van der Waals surface area contributed by atoms with Crippen LogP contribution in [-0.4, -0.2) is 24.4 Å². The smallest absolute Gasteiger partial charge is 0.421 e. The molecule has 100 valence electrons. The molecule has 0 aliphatic carbocycles. The van der Waals surface area contributed by atoms with Crippen molar-refractivity contribution in [3.8, 4) is 5.75 Å². The van der Waals surface area contributed by atoms with Crippen LogP contribution in [0.5, 0.6) is 5.75 Å². The maximum atomic E-state index is 13.7. The third kappa shape index (κ3) is 1.99. The van der Waals surface area contributed by atoms with E-state index < -0.39 is 34.8 Å². The van der Waals surface area contributed by atoms with Crippen LogP contribution in [0.3, 0.4) is 0 Å². The Kier molecular flexibility index (Phi) is 3.52. The van der Waals surface area contributed by atoms with E-state index in [9.17, 15) is 22.4 Å². The highest BCUT2D eigenvalue weighted by molar-refractivity contribution is 5.82. The number of hydrogen-bond donors (Lipinski definition) is 2. The van der Waals surface area contributed by atoms with Crippen molar-refractivity contribution in [2.75, 3.05) is 7.11 Å². The topological polar surface area (TPSA) is 72.5 Å². The molecule has 0 spiro atoms. The zero-order valence-electron chi connectivity index (χ0n) is 9.08. The van der Waals surface area contributed by atoms with Gasteiger partial charge in [-0.05, 0) is 6.07 Å². The van der Waals surface area contributed by atoms with Crippen molar-refractivity contribution in [1.82, 2.24) is 0 Å². The Bertz CT molecular complexity index is 475. The first-order valence-electron chi connectivity index (χ1n) is 4.58. The molecule has 0 fully saturated rings. The number of halogens is 4. The highest BCUT2D eigenvalue weighted by atomic mass is 19.4. The van der Waals surface area contributed by atoms with E-state index in [4.69, 9.17) is 10.8 Å². The fourth-order valence-electron chi connectivity index (χ4n) is 1.36. The number of ether oxygens (including phenoxy) is 1. The number of aliphatic carboxylic acids is 1. The van der Waals surface area contributed by atoms with E-state index in [1.165, 1.54) is 0 Å². The van der Waals surface area contributed by atoms with Crippen molar-refractivity contribution in [2.45, 2.75) is 11.7 Å². The lowest BCUT2D eigenvalue weighted by Crippen LogP contribution is -2.57. The Morgan fingerprint density at radius 1 is 1.39 bits per heavy atom. The third-order valence-electron chi connectivity index (χ3n) is 2.39. The summed E-state index contributed by atoms with van der Waals surface area (Å²) in [5.41, 5.74) is -0.191. The van der Waals surface area contributed by atoms with Gasteiger partial charge in [0.1, 0.15) is 0 Å². The van der Waals surface area contributed by atoms with Gasteiger partial charge in [-0.1, -0.05) is 12.1 Å². The number of nitrogens with two attached hydrogens (primary N) is 1. The molecule has 0 aliphatic heterocycles. The molecule has 0 amide bonds. The number of methoxy groups -OCH3 is 1. The maximum Gasteiger partial charge on any atom is 0.421 e. The highest BCUT2D eigenvalue weighted by Crippen LogP contribution is 2.39. The van der Waals surface area contributed by atoms with Crippen LogP contribution in [0.1, 0.15) is 5.56 Å². The molecule has 1 aromatic carbocycles. The predicted molar refractivity (Wildman–Crippen MR) is 52.5 cm³/mol. The van der Waals surface area contributed by atoms with Gasteiger partial charge in [0.2, 0.25) is 5.54 Å². The summed E-state index contributed by atoms with van der Waals surface area (Å²) < 4.78 is 56.4. The summed E-state index contributed by atoms with van der Waals surface area (Å²) in [5, 5.41) is 8.66. The Labute approximate surface area is 99.0 Å². The van der Waals surface area contributed by atoms with E-state index in [1.54, 1.807) is 0 Å². The third-order valence-corrected chi connectivity index (χ3v) is 2.39. The average Bonchev–Trinajstić information content (AvgIpc) is 2.26. The van der Waals surface area contributed by atoms with Gasteiger partial charge in [-0.2, -0.15) is 13.2 Å². The van der Waals surface area contributed by atoms with Gasteiger partial charge < -0.3 is 15.6 Å². The lowest BCUT2D eigenvalue weighted by Gasteiger charge is -2.28. The van der Waals surface area contributed by atoms with Crippen molar-refractivity contribution in [3.05, 3.63) is 29.6 Å². The fourth-order valence-corrected chi connectivity index (χ4v) is 1.36. The zero-order chi connectivity index (χ0) is 14.1. The van der Waals surface area contributed by atoms with Crippen molar-refractivity contribution in [3.63, 3.8) is 0 Å². The monoisotopic (exact) mass is 267 g/mol. The molecule has 18 heavy (non-hydrogen) atoms. The van der Waals surface area contributed by atoms with Crippen LogP contribution in [-0.2, 0) is 10.3 Å². The number of carboxylic acid groups (broad SMARTS) is 1. The molecule has 0 aromatic heterocycles. The molecule has 0 aliphatic rings. The number of hydrogen-bond acceptors (Lipinski definition) is 3. The van der Waals surface area contributed by atoms with E-state index in [2.05, 4.69) is 4.74 Å². The SMILES string of the molecule is COc1cccc(C(N)(C(=O)O)C(F)(F)F)c1F. The Morgan fingerprint density at radius 3 is 2.33 bits per heavy atom. The largest absolute Gasteiger partial charge is 0.494 e. The molecule has 3 N–H and O–H groups in total. The van der Waals surface area contributed by atoms with Gasteiger partial charge in [0.25, 0.3) is 0 Å². The summed E-state index contributed by atoms with van der Waals surface area (Å²) in [7, 11) is 1.04. The molecule has 0 bridgehead atoms. The number of carbonyl (C=O) groups is 1. The molecule has 0 saturated heterocycles. The first-order valence-corrected chi connectivity index (χ1v) is 4.58.